The zero-order chi connectivity index (χ0) is 13.1. The molecule has 0 bridgehead atoms. The van der Waals surface area contributed by atoms with Crippen LogP contribution in [-0.4, -0.2) is 34.4 Å². The van der Waals surface area contributed by atoms with Gasteiger partial charge in [-0.15, -0.1) is 0 Å². The van der Waals surface area contributed by atoms with Crippen LogP contribution in [0.15, 0.2) is 0 Å². The summed E-state index contributed by atoms with van der Waals surface area (Å²) in [6.07, 6.45) is 2.76. The normalized spacial score (nSPS) is 10.4. The van der Waals surface area contributed by atoms with E-state index in [0.717, 1.165) is 25.9 Å². The van der Waals surface area contributed by atoms with E-state index in [4.69, 9.17) is 13.6 Å². The number of hydrogen-bond donors (Lipinski definition) is 0. The van der Waals surface area contributed by atoms with E-state index < -0.39 is 9.28 Å². The van der Waals surface area contributed by atoms with Crippen molar-refractivity contribution in [3.8, 4) is 0 Å². The SMILES string of the molecule is CCCOCCCC[SiH](OC(C)=O)OC(C)=O. The quantitative estimate of drug-likeness (QED) is 0.466. The van der Waals surface area contributed by atoms with Crippen molar-refractivity contribution >= 4 is 21.2 Å². The summed E-state index contributed by atoms with van der Waals surface area (Å²) >= 11 is 0. The molecule has 0 heterocycles. The molecule has 0 radical (unpaired) electrons. The van der Waals surface area contributed by atoms with Crippen LogP contribution in [0.25, 0.3) is 0 Å². The number of ether oxygens (including phenoxy) is 1. The van der Waals surface area contributed by atoms with E-state index in [1.807, 2.05) is 0 Å². The molecule has 0 N–H and O–H groups in total. The molecule has 0 saturated heterocycles. The average Bonchev–Trinajstić information content (AvgIpc) is 2.21. The van der Waals surface area contributed by atoms with Gasteiger partial charge in [-0.3, -0.25) is 9.59 Å². The van der Waals surface area contributed by atoms with Crippen molar-refractivity contribution in [1.82, 2.24) is 0 Å². The summed E-state index contributed by atoms with van der Waals surface area (Å²) in [5, 5.41) is 0. The highest BCUT2D eigenvalue weighted by Gasteiger charge is 2.19. The lowest BCUT2D eigenvalue weighted by molar-refractivity contribution is -0.137. The van der Waals surface area contributed by atoms with Gasteiger partial charge in [-0.2, -0.15) is 0 Å². The second kappa shape index (κ2) is 10.3. The molecule has 0 aromatic rings. The zero-order valence-corrected chi connectivity index (χ0v) is 12.0. The lowest BCUT2D eigenvalue weighted by Gasteiger charge is -2.14. The molecule has 0 aliphatic rings. The van der Waals surface area contributed by atoms with Gasteiger partial charge in [-0.1, -0.05) is 6.92 Å². The molecule has 0 aliphatic heterocycles. The number of hydrogen-bond acceptors (Lipinski definition) is 5. The van der Waals surface area contributed by atoms with E-state index in [1.165, 1.54) is 13.8 Å². The number of rotatable bonds is 9. The Labute approximate surface area is 104 Å². The predicted octanol–water partition coefficient (Wildman–Crippen LogP) is 1.54. The van der Waals surface area contributed by atoms with E-state index in [-0.39, 0.29) is 11.9 Å². The summed E-state index contributed by atoms with van der Waals surface area (Å²) in [4.78, 5) is 21.6. The van der Waals surface area contributed by atoms with Gasteiger partial charge in [0.05, 0.1) is 0 Å². The molecule has 0 aromatic carbocycles. The van der Waals surface area contributed by atoms with Gasteiger partial charge in [0.2, 0.25) is 0 Å². The van der Waals surface area contributed by atoms with Crippen molar-refractivity contribution in [1.29, 1.82) is 0 Å². The second-order valence-corrected chi connectivity index (χ2v) is 5.66. The van der Waals surface area contributed by atoms with Crippen LogP contribution in [0, 0.1) is 0 Å². The van der Waals surface area contributed by atoms with Crippen LogP contribution >= 0.6 is 0 Å². The van der Waals surface area contributed by atoms with Crippen molar-refractivity contribution in [2.45, 2.75) is 46.1 Å². The highest BCUT2D eigenvalue weighted by atomic mass is 28.3. The van der Waals surface area contributed by atoms with Crippen molar-refractivity contribution in [3.63, 3.8) is 0 Å². The van der Waals surface area contributed by atoms with E-state index in [9.17, 15) is 9.59 Å². The van der Waals surface area contributed by atoms with Gasteiger partial charge in [0.15, 0.2) is 0 Å². The standard InChI is InChI=1S/C11H22O5Si/c1-4-7-14-8-5-6-9-17(15-10(2)12)16-11(3)13/h17H,4-9H2,1-3H3. The molecule has 0 unspecified atom stereocenters. The van der Waals surface area contributed by atoms with Crippen LogP contribution in [0.1, 0.15) is 40.0 Å². The fourth-order valence-electron chi connectivity index (χ4n) is 1.27. The molecule has 0 aliphatic carbocycles. The average molecular weight is 262 g/mol. The van der Waals surface area contributed by atoms with Gasteiger partial charge in [0.1, 0.15) is 0 Å². The van der Waals surface area contributed by atoms with Gasteiger partial charge in [-0.05, 0) is 19.3 Å². The van der Waals surface area contributed by atoms with Crippen LogP contribution in [-0.2, 0) is 23.2 Å². The molecular formula is C11H22O5Si. The first-order valence-electron chi connectivity index (χ1n) is 5.98. The lowest BCUT2D eigenvalue weighted by atomic mass is 10.3. The molecule has 0 amide bonds. The van der Waals surface area contributed by atoms with E-state index in [0.29, 0.717) is 12.7 Å². The topological polar surface area (TPSA) is 61.8 Å². The van der Waals surface area contributed by atoms with Crippen molar-refractivity contribution in [2.24, 2.45) is 0 Å². The Balaban J connectivity index is 3.68. The molecule has 100 valence electrons. The summed E-state index contributed by atoms with van der Waals surface area (Å²) in [6.45, 7) is 6.19. The first-order chi connectivity index (χ1) is 8.06. The Kier molecular flexibility index (Phi) is 9.75. The van der Waals surface area contributed by atoms with Gasteiger partial charge < -0.3 is 13.6 Å². The highest BCUT2D eigenvalue weighted by Crippen LogP contribution is 2.06. The Morgan fingerprint density at radius 1 is 1.00 bits per heavy atom. The maximum absolute atomic E-state index is 10.8. The van der Waals surface area contributed by atoms with Crippen molar-refractivity contribution in [2.75, 3.05) is 13.2 Å². The second-order valence-electron chi connectivity index (χ2n) is 3.76. The smallest absolute Gasteiger partial charge is 0.448 e. The largest absolute Gasteiger partial charge is 0.487 e. The third-order valence-corrected chi connectivity index (χ3v) is 3.99. The lowest BCUT2D eigenvalue weighted by Crippen LogP contribution is -2.27. The Hall–Kier alpha value is -0.883. The summed E-state index contributed by atoms with van der Waals surface area (Å²) in [5.41, 5.74) is 0. The molecule has 0 saturated carbocycles. The van der Waals surface area contributed by atoms with Crippen LogP contribution in [0.4, 0.5) is 0 Å². The third kappa shape index (κ3) is 11.4. The van der Waals surface area contributed by atoms with Gasteiger partial charge in [-0.25, -0.2) is 0 Å². The minimum absolute atomic E-state index is 0.384. The molecule has 17 heavy (non-hydrogen) atoms. The van der Waals surface area contributed by atoms with Gasteiger partial charge in [0, 0.05) is 33.1 Å². The maximum Gasteiger partial charge on any atom is 0.448 e. The van der Waals surface area contributed by atoms with Crippen molar-refractivity contribution in [3.05, 3.63) is 0 Å². The minimum Gasteiger partial charge on any atom is -0.487 e. The monoisotopic (exact) mass is 262 g/mol. The number of carbonyl (C=O) groups excluding carboxylic acids is 2. The predicted molar refractivity (Wildman–Crippen MR) is 65.8 cm³/mol. The Bertz CT molecular complexity index is 216. The van der Waals surface area contributed by atoms with Crippen LogP contribution < -0.4 is 0 Å². The van der Waals surface area contributed by atoms with E-state index in [1.54, 1.807) is 0 Å². The fourth-order valence-corrected chi connectivity index (χ4v) is 2.92. The van der Waals surface area contributed by atoms with Crippen LogP contribution in [0.5, 0.6) is 0 Å². The highest BCUT2D eigenvalue weighted by molar-refractivity contribution is 6.48. The Morgan fingerprint density at radius 3 is 2.06 bits per heavy atom. The summed E-state index contributed by atoms with van der Waals surface area (Å²) in [6, 6.07) is 0.647. The minimum atomic E-state index is -2.16. The van der Waals surface area contributed by atoms with E-state index in [2.05, 4.69) is 6.92 Å². The molecule has 0 atom stereocenters. The molecular weight excluding hydrogens is 240 g/mol. The molecule has 5 nitrogen and oxygen atoms in total. The van der Waals surface area contributed by atoms with E-state index >= 15 is 0 Å². The maximum atomic E-state index is 10.8. The third-order valence-electron chi connectivity index (χ3n) is 1.92. The Morgan fingerprint density at radius 2 is 1.59 bits per heavy atom. The van der Waals surface area contributed by atoms with Crippen molar-refractivity contribution < 1.29 is 23.2 Å². The molecule has 0 spiro atoms. The summed E-state index contributed by atoms with van der Waals surface area (Å²) in [7, 11) is -2.16. The van der Waals surface area contributed by atoms with Crippen LogP contribution in [0.3, 0.4) is 0 Å². The number of unbranched alkanes of at least 4 members (excludes halogenated alkanes) is 1. The molecule has 0 fully saturated rings. The van der Waals surface area contributed by atoms with Gasteiger partial charge in [0.25, 0.3) is 11.9 Å². The van der Waals surface area contributed by atoms with Gasteiger partial charge >= 0.3 is 9.28 Å². The number of carbonyl (C=O) groups is 2. The zero-order valence-electron chi connectivity index (χ0n) is 10.9. The molecule has 0 aromatic heterocycles. The summed E-state index contributed by atoms with van der Waals surface area (Å²) < 4.78 is 15.3. The first-order valence-corrected chi connectivity index (χ1v) is 7.74. The first kappa shape index (κ1) is 16.1. The van der Waals surface area contributed by atoms with Crippen LogP contribution in [0.2, 0.25) is 6.04 Å². The molecule has 6 heteroatoms. The molecule has 0 rings (SSSR count). The fraction of sp³-hybridized carbons (Fsp3) is 0.818. The summed E-state index contributed by atoms with van der Waals surface area (Å²) in [5.74, 6) is -0.768.